The van der Waals surface area contributed by atoms with Gasteiger partial charge in [-0.2, -0.15) is 0 Å². The Balaban J connectivity index is 1.77. The van der Waals surface area contributed by atoms with Crippen LogP contribution >= 0.6 is 11.8 Å². The molecule has 0 heterocycles. The third kappa shape index (κ3) is 5.64. The third-order valence-electron chi connectivity index (χ3n) is 3.31. The molecule has 0 bridgehead atoms. The van der Waals surface area contributed by atoms with Crippen LogP contribution in [0.4, 0.5) is 0 Å². The van der Waals surface area contributed by atoms with E-state index in [1.54, 1.807) is 11.8 Å². The number of thioether (sulfide) groups is 1. The Kier molecular flexibility index (Phi) is 6.35. The van der Waals surface area contributed by atoms with Crippen molar-refractivity contribution >= 4 is 17.7 Å². The molecule has 2 aromatic carbocycles. The third-order valence-corrected chi connectivity index (χ3v) is 4.61. The number of benzene rings is 2. The van der Waals surface area contributed by atoms with Gasteiger partial charge in [0.15, 0.2) is 0 Å². The normalized spacial score (nSPS) is 12.0. The second-order valence-corrected chi connectivity index (χ2v) is 6.29. The van der Waals surface area contributed by atoms with Gasteiger partial charge in [-0.1, -0.05) is 60.7 Å². The van der Waals surface area contributed by atoms with E-state index in [1.165, 1.54) is 5.56 Å². The number of carbonyl (C=O) groups is 1. The van der Waals surface area contributed by atoms with Crippen molar-refractivity contribution < 1.29 is 9.90 Å². The largest absolute Gasteiger partial charge is 0.480 e. The van der Waals surface area contributed by atoms with Crippen molar-refractivity contribution in [2.75, 3.05) is 5.75 Å². The Bertz CT molecular complexity index is 540. The van der Waals surface area contributed by atoms with Gasteiger partial charge in [0.1, 0.15) is 5.25 Å². The van der Waals surface area contributed by atoms with Crippen LogP contribution in [0.3, 0.4) is 0 Å². The van der Waals surface area contributed by atoms with Crippen LogP contribution in [-0.2, 0) is 17.6 Å². The lowest BCUT2D eigenvalue weighted by Crippen LogP contribution is -2.19. The first kappa shape index (κ1) is 15.6. The van der Waals surface area contributed by atoms with Gasteiger partial charge >= 0.3 is 5.97 Å². The smallest absolute Gasteiger partial charge is 0.316 e. The number of aliphatic carboxylic acids is 1. The number of aryl methyl sites for hydroxylation is 1. The Morgan fingerprint density at radius 2 is 1.52 bits per heavy atom. The number of rotatable bonds is 8. The van der Waals surface area contributed by atoms with Gasteiger partial charge in [-0.05, 0) is 36.1 Å². The van der Waals surface area contributed by atoms with E-state index in [2.05, 4.69) is 12.1 Å². The van der Waals surface area contributed by atoms with Crippen LogP contribution in [0.25, 0.3) is 0 Å². The summed E-state index contributed by atoms with van der Waals surface area (Å²) in [5.74, 6) is 0.155. The highest BCUT2D eigenvalue weighted by atomic mass is 32.2. The lowest BCUT2D eigenvalue weighted by Gasteiger charge is -2.12. The summed E-state index contributed by atoms with van der Waals surface area (Å²) in [6, 6.07) is 20.1. The van der Waals surface area contributed by atoms with Crippen LogP contribution in [0.15, 0.2) is 60.7 Å². The molecule has 0 spiro atoms. The molecule has 21 heavy (non-hydrogen) atoms. The van der Waals surface area contributed by atoms with Gasteiger partial charge in [-0.15, -0.1) is 11.8 Å². The van der Waals surface area contributed by atoms with Crippen molar-refractivity contribution in [1.29, 1.82) is 0 Å². The minimum atomic E-state index is -0.719. The van der Waals surface area contributed by atoms with Crippen LogP contribution in [0.2, 0.25) is 0 Å². The summed E-state index contributed by atoms with van der Waals surface area (Å²) in [6.45, 7) is 0. The second-order valence-electron chi connectivity index (χ2n) is 4.98. The standard InChI is InChI=1S/C18H20O2S/c19-18(20)17(14-16-10-5-2-6-11-16)21-13-7-12-15-8-3-1-4-9-15/h1-6,8-11,17H,7,12-14H2,(H,19,20). The summed E-state index contributed by atoms with van der Waals surface area (Å²) < 4.78 is 0. The second kappa shape index (κ2) is 8.53. The molecule has 0 saturated carbocycles. The Hall–Kier alpha value is -1.74. The van der Waals surface area contributed by atoms with E-state index in [-0.39, 0.29) is 5.25 Å². The molecule has 1 atom stereocenters. The average molecular weight is 300 g/mol. The number of hydrogen-bond donors (Lipinski definition) is 1. The fraction of sp³-hybridized carbons (Fsp3) is 0.278. The molecule has 0 aliphatic rings. The van der Waals surface area contributed by atoms with Gasteiger partial charge in [-0.25, -0.2) is 0 Å². The monoisotopic (exact) mass is 300 g/mol. The van der Waals surface area contributed by atoms with Gasteiger partial charge in [0.2, 0.25) is 0 Å². The minimum absolute atomic E-state index is 0.358. The first-order valence-electron chi connectivity index (χ1n) is 7.18. The zero-order chi connectivity index (χ0) is 14.9. The van der Waals surface area contributed by atoms with Gasteiger partial charge in [-0.3, -0.25) is 4.79 Å². The van der Waals surface area contributed by atoms with Gasteiger partial charge in [0.25, 0.3) is 0 Å². The molecular weight excluding hydrogens is 280 g/mol. The maximum Gasteiger partial charge on any atom is 0.316 e. The maximum absolute atomic E-state index is 11.3. The lowest BCUT2D eigenvalue weighted by molar-refractivity contribution is -0.136. The summed E-state index contributed by atoms with van der Waals surface area (Å²) in [5, 5.41) is 8.97. The summed E-state index contributed by atoms with van der Waals surface area (Å²) in [4.78, 5) is 11.3. The van der Waals surface area contributed by atoms with E-state index in [4.69, 9.17) is 0 Å². The molecule has 3 heteroatoms. The van der Waals surface area contributed by atoms with E-state index in [0.29, 0.717) is 6.42 Å². The topological polar surface area (TPSA) is 37.3 Å². The molecule has 1 N–H and O–H groups in total. The zero-order valence-corrected chi connectivity index (χ0v) is 12.8. The van der Waals surface area contributed by atoms with Crippen molar-refractivity contribution in [3.8, 4) is 0 Å². The predicted molar refractivity (Wildman–Crippen MR) is 88.8 cm³/mol. The molecule has 0 amide bonds. The SMILES string of the molecule is O=C(O)C(Cc1ccccc1)SCCCc1ccccc1. The molecule has 0 aromatic heterocycles. The summed E-state index contributed by atoms with van der Waals surface area (Å²) in [5.41, 5.74) is 2.40. The molecule has 110 valence electrons. The van der Waals surface area contributed by atoms with Crippen molar-refractivity contribution in [2.45, 2.75) is 24.5 Å². The maximum atomic E-state index is 11.3. The van der Waals surface area contributed by atoms with Gasteiger partial charge in [0.05, 0.1) is 0 Å². The highest BCUT2D eigenvalue weighted by Crippen LogP contribution is 2.19. The van der Waals surface area contributed by atoms with Crippen molar-refractivity contribution in [3.05, 3.63) is 71.8 Å². The van der Waals surface area contributed by atoms with Crippen molar-refractivity contribution in [3.63, 3.8) is 0 Å². The van der Waals surface area contributed by atoms with Crippen LogP contribution in [0.5, 0.6) is 0 Å². The minimum Gasteiger partial charge on any atom is -0.480 e. The number of carboxylic acid groups (broad SMARTS) is 1. The Labute approximate surface area is 130 Å². The average Bonchev–Trinajstić information content (AvgIpc) is 2.52. The van der Waals surface area contributed by atoms with Gasteiger partial charge in [0, 0.05) is 0 Å². The fourth-order valence-corrected chi connectivity index (χ4v) is 3.24. The Morgan fingerprint density at radius 1 is 0.952 bits per heavy atom. The zero-order valence-electron chi connectivity index (χ0n) is 11.9. The van der Waals surface area contributed by atoms with E-state index in [1.807, 2.05) is 48.5 Å². The van der Waals surface area contributed by atoms with Crippen LogP contribution < -0.4 is 0 Å². The fourth-order valence-electron chi connectivity index (χ4n) is 2.19. The molecule has 0 fully saturated rings. The summed E-state index contributed by atoms with van der Waals surface area (Å²) in [7, 11) is 0. The van der Waals surface area contributed by atoms with E-state index in [0.717, 1.165) is 24.2 Å². The first-order chi connectivity index (χ1) is 10.3. The van der Waals surface area contributed by atoms with Gasteiger partial charge < -0.3 is 5.11 Å². The van der Waals surface area contributed by atoms with E-state index >= 15 is 0 Å². The first-order valence-corrected chi connectivity index (χ1v) is 8.23. The molecule has 2 aromatic rings. The molecule has 0 saturated heterocycles. The summed E-state index contributed by atoms with van der Waals surface area (Å²) >= 11 is 1.54. The van der Waals surface area contributed by atoms with Crippen LogP contribution in [0.1, 0.15) is 17.5 Å². The predicted octanol–water partition coefficient (Wildman–Crippen LogP) is 4.05. The van der Waals surface area contributed by atoms with E-state index in [9.17, 15) is 9.90 Å². The number of hydrogen-bond acceptors (Lipinski definition) is 2. The summed E-state index contributed by atoms with van der Waals surface area (Å²) in [6.07, 6.45) is 2.60. The molecule has 2 rings (SSSR count). The highest BCUT2D eigenvalue weighted by Gasteiger charge is 2.17. The van der Waals surface area contributed by atoms with E-state index < -0.39 is 5.97 Å². The molecule has 0 radical (unpaired) electrons. The Morgan fingerprint density at radius 3 is 2.10 bits per heavy atom. The van der Waals surface area contributed by atoms with Crippen molar-refractivity contribution in [2.24, 2.45) is 0 Å². The quantitative estimate of drug-likeness (QED) is 0.747. The van der Waals surface area contributed by atoms with Crippen LogP contribution in [-0.4, -0.2) is 22.1 Å². The molecule has 0 aliphatic carbocycles. The number of carboxylic acids is 1. The van der Waals surface area contributed by atoms with Crippen molar-refractivity contribution in [1.82, 2.24) is 0 Å². The molecule has 2 nitrogen and oxygen atoms in total. The lowest BCUT2D eigenvalue weighted by atomic mass is 10.1. The van der Waals surface area contributed by atoms with Crippen LogP contribution in [0, 0.1) is 0 Å². The molecule has 0 aliphatic heterocycles. The molecule has 1 unspecified atom stereocenters. The highest BCUT2D eigenvalue weighted by molar-refractivity contribution is 8.00. The molecular formula is C18H20O2S.